The van der Waals surface area contributed by atoms with E-state index in [9.17, 15) is 0 Å². The van der Waals surface area contributed by atoms with Gasteiger partial charge in [-0.2, -0.15) is 0 Å². The maximum Gasteiger partial charge on any atom is 0.122 e. The van der Waals surface area contributed by atoms with E-state index in [4.69, 9.17) is 9.47 Å². The summed E-state index contributed by atoms with van der Waals surface area (Å²) < 4.78 is 11.7. The lowest BCUT2D eigenvalue weighted by atomic mass is 9.92. The Bertz CT molecular complexity index is 505. The Morgan fingerprint density at radius 2 is 1.92 bits per heavy atom. The number of hydrogen-bond acceptors (Lipinski definition) is 2. The minimum absolute atomic E-state index is 0.606. The van der Waals surface area contributed by atoms with Crippen molar-refractivity contribution in [2.45, 2.75) is 33.6 Å². The van der Waals surface area contributed by atoms with Gasteiger partial charge in [0.15, 0.2) is 0 Å². The average molecular weight is 333 g/mol. The number of allylic oxidation sites excluding steroid dienone is 1. The summed E-state index contributed by atoms with van der Waals surface area (Å²) in [7, 11) is 0. The molecule has 3 nitrogen and oxygen atoms in total. The predicted octanol–water partition coefficient (Wildman–Crippen LogP) is 2.68. The highest BCUT2D eigenvalue weighted by Gasteiger charge is 2.24. The van der Waals surface area contributed by atoms with Crippen LogP contribution in [0.2, 0.25) is 0 Å². The van der Waals surface area contributed by atoms with Crippen molar-refractivity contribution in [2.24, 2.45) is 11.8 Å². The van der Waals surface area contributed by atoms with Gasteiger partial charge in [0.1, 0.15) is 18.9 Å². The number of aryl methyl sites for hydroxylation is 1. The van der Waals surface area contributed by atoms with E-state index in [1.54, 1.807) is 4.90 Å². The molecule has 1 fully saturated rings. The van der Waals surface area contributed by atoms with Gasteiger partial charge in [0.25, 0.3) is 0 Å². The van der Waals surface area contributed by atoms with E-state index < -0.39 is 0 Å². The molecular formula is C21H34NO2+. The molecule has 24 heavy (non-hydrogen) atoms. The molecule has 1 saturated heterocycles. The summed E-state index contributed by atoms with van der Waals surface area (Å²) in [5, 5.41) is 0. The standard InChI is InChI=1S/C21H33NO2/c1-5-6-20-14-17(2)7-8-21(20)24-12-11-23-10-9-22-15-18(3)13-19(4)16-22/h5,7-8,14,18-19H,1,6,9-13,15-16H2,2-4H3/p+1/t18-,19-/m0/s1. The van der Waals surface area contributed by atoms with Crippen molar-refractivity contribution in [2.75, 3.05) is 39.5 Å². The fraction of sp³-hybridized carbons (Fsp3) is 0.619. The zero-order valence-corrected chi connectivity index (χ0v) is 15.6. The highest BCUT2D eigenvalue weighted by Crippen LogP contribution is 2.20. The molecular weight excluding hydrogens is 298 g/mol. The molecule has 0 bridgehead atoms. The van der Waals surface area contributed by atoms with Crippen molar-refractivity contribution in [1.29, 1.82) is 0 Å². The van der Waals surface area contributed by atoms with E-state index in [-0.39, 0.29) is 0 Å². The third-order valence-corrected chi connectivity index (χ3v) is 4.74. The van der Waals surface area contributed by atoms with Gasteiger partial charge in [-0.1, -0.05) is 37.6 Å². The van der Waals surface area contributed by atoms with Crippen LogP contribution in [0.5, 0.6) is 5.75 Å². The second kappa shape index (κ2) is 9.85. The average Bonchev–Trinajstić information content (AvgIpc) is 2.52. The van der Waals surface area contributed by atoms with Crippen LogP contribution in [0, 0.1) is 18.8 Å². The molecule has 2 rings (SSSR count). The highest BCUT2D eigenvalue weighted by atomic mass is 16.5. The van der Waals surface area contributed by atoms with Gasteiger partial charge < -0.3 is 14.4 Å². The Kier molecular flexibility index (Phi) is 7.80. The van der Waals surface area contributed by atoms with Gasteiger partial charge in [-0.25, -0.2) is 0 Å². The number of rotatable bonds is 9. The molecule has 1 aromatic rings. The van der Waals surface area contributed by atoms with E-state index in [2.05, 4.69) is 45.5 Å². The molecule has 3 heteroatoms. The van der Waals surface area contributed by atoms with Gasteiger partial charge in [0.05, 0.1) is 26.3 Å². The number of nitrogens with one attached hydrogen (secondary N) is 1. The SMILES string of the molecule is C=CCc1cc(C)ccc1OCCOCC[NH+]1C[C@@H](C)C[C@H](C)C1. The molecule has 0 aliphatic carbocycles. The fourth-order valence-corrected chi connectivity index (χ4v) is 3.82. The monoisotopic (exact) mass is 332 g/mol. The lowest BCUT2D eigenvalue weighted by Crippen LogP contribution is -3.14. The molecule has 1 N–H and O–H groups in total. The third kappa shape index (κ3) is 6.29. The number of piperidine rings is 1. The van der Waals surface area contributed by atoms with Crippen LogP contribution in [0.4, 0.5) is 0 Å². The molecule has 1 aromatic carbocycles. The molecule has 0 radical (unpaired) electrons. The van der Waals surface area contributed by atoms with Crippen LogP contribution >= 0.6 is 0 Å². The Balaban J connectivity index is 1.64. The summed E-state index contributed by atoms with van der Waals surface area (Å²) >= 11 is 0. The minimum atomic E-state index is 0.606. The smallest absolute Gasteiger partial charge is 0.122 e. The first kappa shape index (κ1) is 19.0. The number of benzene rings is 1. The van der Waals surface area contributed by atoms with Crippen LogP contribution in [0.25, 0.3) is 0 Å². The molecule has 1 aliphatic rings. The maximum absolute atomic E-state index is 5.89. The van der Waals surface area contributed by atoms with Crippen LogP contribution in [-0.2, 0) is 11.2 Å². The van der Waals surface area contributed by atoms with Crippen molar-refractivity contribution >= 4 is 0 Å². The fourth-order valence-electron chi connectivity index (χ4n) is 3.82. The van der Waals surface area contributed by atoms with Crippen LogP contribution in [0.3, 0.4) is 0 Å². The first-order valence-electron chi connectivity index (χ1n) is 9.33. The molecule has 0 unspecified atom stereocenters. The summed E-state index contributed by atoms with van der Waals surface area (Å²) in [5.74, 6) is 2.64. The summed E-state index contributed by atoms with van der Waals surface area (Å²) in [4.78, 5) is 1.69. The predicted molar refractivity (Wildman–Crippen MR) is 99.9 cm³/mol. The van der Waals surface area contributed by atoms with Crippen molar-refractivity contribution in [1.82, 2.24) is 0 Å². The van der Waals surface area contributed by atoms with Gasteiger partial charge in [-0.15, -0.1) is 6.58 Å². The Hall–Kier alpha value is -1.32. The van der Waals surface area contributed by atoms with Crippen LogP contribution in [0.15, 0.2) is 30.9 Å². The zero-order valence-electron chi connectivity index (χ0n) is 15.6. The second-order valence-electron chi connectivity index (χ2n) is 7.42. The van der Waals surface area contributed by atoms with Gasteiger partial charge in [-0.3, -0.25) is 0 Å². The van der Waals surface area contributed by atoms with E-state index >= 15 is 0 Å². The van der Waals surface area contributed by atoms with Crippen LogP contribution in [0.1, 0.15) is 31.4 Å². The minimum Gasteiger partial charge on any atom is -0.491 e. The van der Waals surface area contributed by atoms with Crippen molar-refractivity contribution in [3.63, 3.8) is 0 Å². The summed E-state index contributed by atoms with van der Waals surface area (Å²) in [6, 6.07) is 6.31. The van der Waals surface area contributed by atoms with Crippen molar-refractivity contribution in [3.8, 4) is 5.75 Å². The normalized spacial score (nSPS) is 23.9. The molecule has 1 heterocycles. The molecule has 0 saturated carbocycles. The molecule has 2 atom stereocenters. The van der Waals surface area contributed by atoms with Gasteiger partial charge >= 0.3 is 0 Å². The largest absolute Gasteiger partial charge is 0.491 e. The Morgan fingerprint density at radius 3 is 2.62 bits per heavy atom. The Labute approximate surface area is 147 Å². The molecule has 0 amide bonds. The van der Waals surface area contributed by atoms with Crippen molar-refractivity contribution < 1.29 is 14.4 Å². The number of quaternary nitrogens is 1. The van der Waals surface area contributed by atoms with E-state index in [1.165, 1.54) is 30.6 Å². The van der Waals surface area contributed by atoms with E-state index in [0.29, 0.717) is 13.2 Å². The van der Waals surface area contributed by atoms with Crippen LogP contribution < -0.4 is 9.64 Å². The highest BCUT2D eigenvalue weighted by molar-refractivity contribution is 5.38. The number of hydrogen-bond donors (Lipinski definition) is 1. The quantitative estimate of drug-likeness (QED) is 0.555. The molecule has 1 aliphatic heterocycles. The summed E-state index contributed by atoms with van der Waals surface area (Å²) in [6.07, 6.45) is 4.13. The van der Waals surface area contributed by atoms with Gasteiger partial charge in [0, 0.05) is 11.8 Å². The number of likely N-dealkylation sites (tertiary alicyclic amines) is 1. The third-order valence-electron chi connectivity index (χ3n) is 4.74. The van der Waals surface area contributed by atoms with Gasteiger partial charge in [0.2, 0.25) is 0 Å². The first-order chi connectivity index (χ1) is 11.6. The van der Waals surface area contributed by atoms with E-state index in [1.807, 2.05) is 6.08 Å². The summed E-state index contributed by atoms with van der Waals surface area (Å²) in [5.41, 5.74) is 2.45. The van der Waals surface area contributed by atoms with E-state index in [0.717, 1.165) is 37.2 Å². The Morgan fingerprint density at radius 1 is 1.17 bits per heavy atom. The van der Waals surface area contributed by atoms with Gasteiger partial charge in [-0.05, 0) is 31.4 Å². The first-order valence-corrected chi connectivity index (χ1v) is 9.33. The molecule has 0 aromatic heterocycles. The topological polar surface area (TPSA) is 22.9 Å². The lowest BCUT2D eigenvalue weighted by molar-refractivity contribution is -0.912. The summed E-state index contributed by atoms with van der Waals surface area (Å²) in [6.45, 7) is 16.4. The molecule has 134 valence electrons. The maximum atomic E-state index is 5.89. The number of ether oxygens (including phenoxy) is 2. The van der Waals surface area contributed by atoms with Crippen molar-refractivity contribution in [3.05, 3.63) is 42.0 Å². The van der Waals surface area contributed by atoms with Crippen LogP contribution in [-0.4, -0.2) is 39.5 Å². The zero-order chi connectivity index (χ0) is 17.4. The molecule has 0 spiro atoms. The lowest BCUT2D eigenvalue weighted by Gasteiger charge is -2.31. The second-order valence-corrected chi connectivity index (χ2v) is 7.42.